The maximum Gasteiger partial charge on any atom is 0.417 e. The third-order valence-corrected chi connectivity index (χ3v) is 7.73. The van der Waals surface area contributed by atoms with Gasteiger partial charge >= 0.3 is 6.18 Å². The molecule has 2 aliphatic rings. The van der Waals surface area contributed by atoms with Crippen molar-refractivity contribution in [2.45, 2.75) is 84.2 Å². The summed E-state index contributed by atoms with van der Waals surface area (Å²) in [5, 5.41) is 15.3. The lowest BCUT2D eigenvalue weighted by Gasteiger charge is -2.22. The average Bonchev–Trinajstić information content (AvgIpc) is 3.53. The number of rotatable bonds is 7. The molecule has 2 amide bonds. The Bertz CT molecular complexity index is 1200. The molecule has 4 rings (SSSR count). The van der Waals surface area contributed by atoms with Crippen LogP contribution >= 0.6 is 11.3 Å². The summed E-state index contributed by atoms with van der Waals surface area (Å²) in [6, 6.07) is 0.986. The maximum atomic E-state index is 14.3. The number of hydrogen-bond acceptors (Lipinski definition) is 7. The number of carbonyl (C=O) groups excluding carboxylic acids is 2. The molecule has 0 saturated carbocycles. The summed E-state index contributed by atoms with van der Waals surface area (Å²) in [5.74, 6) is -1.08. The summed E-state index contributed by atoms with van der Waals surface area (Å²) in [7, 11) is 0. The number of hydrogen-bond donors (Lipinski definition) is 3. The van der Waals surface area contributed by atoms with Gasteiger partial charge in [-0.15, -0.1) is 11.3 Å². The average molecular weight is 554 g/mol. The molecule has 2 aliphatic heterocycles. The molecule has 0 unspecified atom stereocenters. The minimum Gasteiger partial charge on any atom is -0.389 e. The lowest BCUT2D eigenvalue weighted by atomic mass is 9.97. The molecule has 4 heterocycles. The zero-order chi connectivity index (χ0) is 28.0. The van der Waals surface area contributed by atoms with E-state index in [4.69, 9.17) is 0 Å². The largest absolute Gasteiger partial charge is 0.417 e. The summed E-state index contributed by atoms with van der Waals surface area (Å²) in [6.07, 6.45) is -0.265. The van der Waals surface area contributed by atoms with Gasteiger partial charge in [-0.1, -0.05) is 20.8 Å². The quantitative estimate of drug-likeness (QED) is 0.448. The highest BCUT2D eigenvalue weighted by Crippen LogP contribution is 2.44. The molecule has 12 heteroatoms. The van der Waals surface area contributed by atoms with Crippen molar-refractivity contribution in [3.8, 4) is 10.4 Å². The van der Waals surface area contributed by atoms with Gasteiger partial charge in [-0.2, -0.15) is 13.2 Å². The fourth-order valence-electron chi connectivity index (χ4n) is 4.81. The number of pyridine rings is 1. The van der Waals surface area contributed by atoms with Gasteiger partial charge in [0.25, 0.3) is 11.8 Å². The van der Waals surface area contributed by atoms with E-state index in [-0.39, 0.29) is 51.0 Å². The summed E-state index contributed by atoms with van der Waals surface area (Å²) >= 11 is 0.722. The highest BCUT2D eigenvalue weighted by molar-refractivity contribution is 7.17. The first kappa shape index (κ1) is 28.3. The molecule has 0 aromatic carbocycles. The molecule has 2 aromatic rings. The number of anilines is 1. The monoisotopic (exact) mass is 553 g/mol. The Kier molecular flexibility index (Phi) is 7.52. The molecule has 3 N–H and O–H groups in total. The van der Waals surface area contributed by atoms with Gasteiger partial charge in [0.1, 0.15) is 11.5 Å². The summed E-state index contributed by atoms with van der Waals surface area (Å²) in [6.45, 7) is 9.18. The standard InChI is InChI=1S/C26H34F3N5O3S/c1-24(2,3)12-31-18-10-17(26(27,28)29)16(11-30-18)20-19(23(36)34-14-6-7-15(34)9-8-14)33-22(38-20)21(35)32-13-25(4,5)37/h10-11,14-15,37H,6-9,12-13H2,1-5H3,(H,30,31)(H,32,35)/t14-,15-. The fraction of sp³-hybridized carbons (Fsp3) is 0.615. The van der Waals surface area contributed by atoms with Gasteiger partial charge < -0.3 is 20.6 Å². The van der Waals surface area contributed by atoms with Crippen LogP contribution in [0.1, 0.15) is 86.2 Å². The topological polar surface area (TPSA) is 107 Å². The molecule has 2 bridgehead atoms. The lowest BCUT2D eigenvalue weighted by Crippen LogP contribution is -2.38. The van der Waals surface area contributed by atoms with E-state index in [1.807, 2.05) is 20.8 Å². The Morgan fingerprint density at radius 3 is 2.21 bits per heavy atom. The third kappa shape index (κ3) is 6.28. The number of thiazole rings is 1. The zero-order valence-electron chi connectivity index (χ0n) is 22.2. The van der Waals surface area contributed by atoms with Crippen molar-refractivity contribution in [3.05, 3.63) is 28.5 Å². The molecule has 2 aromatic heterocycles. The molecular formula is C26H34F3N5O3S. The summed E-state index contributed by atoms with van der Waals surface area (Å²) in [5.41, 5.74) is -2.82. The second-order valence-corrected chi connectivity index (χ2v) is 12.9. The molecule has 0 spiro atoms. The van der Waals surface area contributed by atoms with E-state index < -0.39 is 29.2 Å². The molecule has 0 radical (unpaired) electrons. The Balaban J connectivity index is 1.78. The zero-order valence-corrected chi connectivity index (χ0v) is 23.0. The van der Waals surface area contributed by atoms with Crippen LogP contribution in [-0.4, -0.2) is 62.6 Å². The first-order valence-electron chi connectivity index (χ1n) is 12.7. The number of alkyl halides is 3. The van der Waals surface area contributed by atoms with E-state index in [0.717, 1.165) is 49.3 Å². The van der Waals surface area contributed by atoms with Gasteiger partial charge in [-0.25, -0.2) is 9.97 Å². The summed E-state index contributed by atoms with van der Waals surface area (Å²) < 4.78 is 42.9. The highest BCUT2D eigenvalue weighted by atomic mass is 32.1. The molecule has 8 nitrogen and oxygen atoms in total. The van der Waals surface area contributed by atoms with E-state index in [9.17, 15) is 27.9 Å². The van der Waals surface area contributed by atoms with Crippen LogP contribution in [0.25, 0.3) is 10.4 Å². The number of aromatic nitrogens is 2. The van der Waals surface area contributed by atoms with Gasteiger partial charge in [0.05, 0.1) is 16.0 Å². The van der Waals surface area contributed by atoms with Crippen LogP contribution < -0.4 is 10.6 Å². The normalized spacial score (nSPS) is 19.7. The molecule has 208 valence electrons. The van der Waals surface area contributed by atoms with Crippen molar-refractivity contribution in [3.63, 3.8) is 0 Å². The van der Waals surface area contributed by atoms with E-state index in [0.29, 0.717) is 6.54 Å². The van der Waals surface area contributed by atoms with Crippen molar-refractivity contribution < 1.29 is 27.9 Å². The predicted molar refractivity (Wildman–Crippen MR) is 139 cm³/mol. The van der Waals surface area contributed by atoms with Crippen molar-refractivity contribution in [1.82, 2.24) is 20.2 Å². The maximum absolute atomic E-state index is 14.3. The second-order valence-electron chi connectivity index (χ2n) is 11.9. The highest BCUT2D eigenvalue weighted by Gasteiger charge is 2.45. The van der Waals surface area contributed by atoms with Gasteiger partial charge in [0, 0.05) is 36.9 Å². The van der Waals surface area contributed by atoms with Crippen molar-refractivity contribution in [2.75, 3.05) is 18.4 Å². The molecular weight excluding hydrogens is 519 g/mol. The fourth-order valence-corrected chi connectivity index (χ4v) is 5.80. The number of halogens is 3. The Morgan fingerprint density at radius 1 is 1.08 bits per heavy atom. The van der Waals surface area contributed by atoms with Crippen LogP contribution in [0.4, 0.5) is 19.0 Å². The number of amides is 2. The van der Waals surface area contributed by atoms with Gasteiger partial charge in [0.2, 0.25) is 0 Å². The number of aliphatic hydroxyl groups is 1. The van der Waals surface area contributed by atoms with Crippen molar-refractivity contribution >= 4 is 29.0 Å². The molecule has 0 aliphatic carbocycles. The van der Waals surface area contributed by atoms with Crippen LogP contribution in [-0.2, 0) is 6.18 Å². The number of nitrogens with one attached hydrogen (secondary N) is 2. The van der Waals surface area contributed by atoms with Crippen LogP contribution in [0.15, 0.2) is 12.3 Å². The van der Waals surface area contributed by atoms with Gasteiger partial charge in [-0.05, 0) is 51.0 Å². The van der Waals surface area contributed by atoms with Crippen LogP contribution in [0.3, 0.4) is 0 Å². The second kappa shape index (κ2) is 10.1. The number of nitrogens with zero attached hydrogens (tertiary/aromatic N) is 3. The van der Waals surface area contributed by atoms with Crippen LogP contribution in [0.2, 0.25) is 0 Å². The van der Waals surface area contributed by atoms with Crippen molar-refractivity contribution in [1.29, 1.82) is 0 Å². The van der Waals surface area contributed by atoms with Gasteiger partial charge in [-0.3, -0.25) is 9.59 Å². The SMILES string of the molecule is CC(C)(C)CNc1cc(C(F)(F)F)c(-c2sc(C(=O)NCC(C)(C)O)nc2C(=O)N2[C@H]3CC[C@H]2CC3)cn1. The number of carbonyl (C=O) groups is 2. The van der Waals surface area contributed by atoms with Crippen LogP contribution in [0.5, 0.6) is 0 Å². The molecule has 0 atom stereocenters. The van der Waals surface area contributed by atoms with Crippen molar-refractivity contribution in [2.24, 2.45) is 5.41 Å². The Labute approximate surface area is 224 Å². The Morgan fingerprint density at radius 2 is 1.68 bits per heavy atom. The predicted octanol–water partition coefficient (Wildman–Crippen LogP) is 4.95. The summed E-state index contributed by atoms with van der Waals surface area (Å²) in [4.78, 5) is 36.7. The van der Waals surface area contributed by atoms with E-state index in [1.54, 1.807) is 4.90 Å². The minimum absolute atomic E-state index is 0.0266. The van der Waals surface area contributed by atoms with E-state index in [1.165, 1.54) is 13.8 Å². The first-order chi connectivity index (χ1) is 17.5. The number of fused-ring (bicyclic) bond motifs is 2. The first-order valence-corrected chi connectivity index (χ1v) is 13.5. The third-order valence-electron chi connectivity index (χ3n) is 6.65. The lowest BCUT2D eigenvalue weighted by molar-refractivity contribution is -0.137. The molecule has 38 heavy (non-hydrogen) atoms. The molecule has 2 fully saturated rings. The van der Waals surface area contributed by atoms with E-state index in [2.05, 4.69) is 20.6 Å². The molecule has 2 saturated heterocycles. The van der Waals surface area contributed by atoms with Gasteiger partial charge in [0.15, 0.2) is 5.01 Å². The smallest absolute Gasteiger partial charge is 0.389 e. The van der Waals surface area contributed by atoms with Crippen LogP contribution in [0, 0.1) is 5.41 Å². The van der Waals surface area contributed by atoms with E-state index >= 15 is 0 Å². The Hall–Kier alpha value is -2.73. The minimum atomic E-state index is -4.74.